The lowest BCUT2D eigenvalue weighted by molar-refractivity contribution is -0.401. The van der Waals surface area contributed by atoms with Crippen LogP contribution in [0.3, 0.4) is 0 Å². The van der Waals surface area contributed by atoms with E-state index in [4.69, 9.17) is 0 Å². The quantitative estimate of drug-likeness (QED) is 0.0768. The molecule has 4 saturated carbocycles. The highest BCUT2D eigenvalue weighted by atomic mass is 79.9. The zero-order valence-corrected chi connectivity index (χ0v) is 58.1. The topological polar surface area (TPSA) is 98.8 Å². The molecule has 17 rings (SSSR count). The molecule has 12 heteroatoms. The zero-order chi connectivity index (χ0) is 65.2. The van der Waals surface area contributed by atoms with E-state index in [1.54, 1.807) is 12.1 Å². The molecule has 0 aromatic heterocycles. The van der Waals surface area contributed by atoms with Crippen molar-refractivity contribution in [1.29, 1.82) is 0 Å². The zero-order valence-electron chi connectivity index (χ0n) is 54.9. The molecule has 9 aromatic rings. The molecule has 9 aromatic carbocycles. The Morgan fingerprint density at radius 2 is 0.729 bits per heavy atom. The van der Waals surface area contributed by atoms with Crippen LogP contribution < -0.4 is 9.80 Å². The molecule has 4 heterocycles. The molecule has 0 amide bonds. The monoisotopic (exact) mass is 1390 g/mol. The summed E-state index contributed by atoms with van der Waals surface area (Å²) < 4.78 is 6.98. The number of hydrogen-bond donors (Lipinski definition) is 0. The number of rotatable bonds is 10. The number of nitro benzene ring substituents is 2. The Morgan fingerprint density at radius 1 is 0.406 bits per heavy atom. The number of nitro groups is 2. The number of anilines is 2. The molecule has 4 fully saturated rings. The van der Waals surface area contributed by atoms with Crippen LogP contribution in [0.2, 0.25) is 0 Å². The minimum absolute atomic E-state index is 0.144. The van der Waals surface area contributed by atoms with Crippen molar-refractivity contribution in [2.75, 3.05) is 23.9 Å². The molecule has 0 unspecified atom stereocenters. The smallest absolute Gasteiger partial charge is 0.270 e. The van der Waals surface area contributed by atoms with Crippen LogP contribution in [0, 0.1) is 20.2 Å². The van der Waals surface area contributed by atoms with E-state index in [1.807, 2.05) is 24.3 Å². The third-order valence-corrected chi connectivity index (χ3v) is 25.3. The summed E-state index contributed by atoms with van der Waals surface area (Å²) in [5, 5.41) is 33.9. The van der Waals surface area contributed by atoms with E-state index in [-0.39, 0.29) is 42.9 Å². The lowest BCUT2D eigenvalue weighted by Gasteiger charge is -2.37. The molecule has 4 aliphatic carbocycles. The Kier molecular flexibility index (Phi) is 15.2. The van der Waals surface area contributed by atoms with Crippen molar-refractivity contribution in [2.24, 2.45) is 0 Å². The Bertz CT molecular complexity index is 4680. The van der Waals surface area contributed by atoms with E-state index in [2.05, 4.69) is 211 Å². The average molecular weight is 1400 g/mol. The lowest BCUT2D eigenvalue weighted by Crippen LogP contribution is -2.36. The van der Waals surface area contributed by atoms with E-state index >= 15 is 0 Å². The molecular formula is C84H80Br2N6O4+2. The van der Waals surface area contributed by atoms with Gasteiger partial charge in [-0.3, -0.25) is 20.2 Å². The first kappa shape index (κ1) is 61.3. The van der Waals surface area contributed by atoms with Crippen molar-refractivity contribution >= 4 is 120 Å². The Morgan fingerprint density at radius 3 is 1.09 bits per heavy atom. The number of hydrogen-bond acceptors (Lipinski definition) is 6. The Hall–Kier alpha value is -8.32. The fraction of sp³-hybridized carbons (Fsp3) is 0.333. The molecule has 96 heavy (non-hydrogen) atoms. The van der Waals surface area contributed by atoms with Crippen molar-refractivity contribution in [1.82, 2.24) is 0 Å². The van der Waals surface area contributed by atoms with Crippen LogP contribution in [-0.4, -0.2) is 44.5 Å². The van der Waals surface area contributed by atoms with Gasteiger partial charge in [0, 0.05) is 115 Å². The second-order valence-corrected chi connectivity index (χ2v) is 31.0. The number of allylic oxidation sites excluding steroid dienone is 8. The summed E-state index contributed by atoms with van der Waals surface area (Å²) in [6, 6.07) is 52.3. The highest BCUT2D eigenvalue weighted by molar-refractivity contribution is 9.10. The standard InChI is InChI=1S/C84H80Br2N6O4/c1-87-69-37-29-59-27-35-63(91(93)94)51-67(59)77(69)81(41-7-3-8-42-81)73(87)17-15-19-75-83(45-11-5-12-46-83)79-65-49-61(85)33-25-57(65)31-39-71(79)89(75)53-55-21-23-56(24-22-55)54-90-72-40-32-58-26-34-62(86)50-66(58)80(72)84(47-13-6-14-48-84)76(90)20-16-18-74-82(43-9-4-10-44-82)78-68-52-64(92(95)96)36-28-60(68)30-38-70(78)88(74)2/h15-40,49-52H,3-14,41-48,53-54H2,1-2H3/q+2. The van der Waals surface area contributed by atoms with Crippen molar-refractivity contribution in [3.05, 3.63) is 256 Å². The van der Waals surface area contributed by atoms with Crippen LogP contribution in [0.15, 0.2) is 202 Å². The normalized spacial score (nSPS) is 20.7. The lowest BCUT2D eigenvalue weighted by atomic mass is 9.66. The van der Waals surface area contributed by atoms with Gasteiger partial charge in [0.1, 0.15) is 14.1 Å². The van der Waals surface area contributed by atoms with Crippen LogP contribution >= 0.6 is 31.9 Å². The average Bonchev–Trinajstić information content (AvgIpc) is 1.78. The molecule has 8 aliphatic rings. The number of halogens is 2. The first-order valence-corrected chi connectivity index (χ1v) is 36.9. The van der Waals surface area contributed by atoms with Crippen LogP contribution in [0.4, 0.5) is 34.1 Å². The van der Waals surface area contributed by atoms with E-state index in [0.717, 1.165) is 132 Å². The SMILES string of the molecule is C[N+]1=C(/C=C/C=C2/N(Cc3ccc(CN4/C(=C/C=C/C5=[N+](C)c6ccc7ccc([N+](=O)[O-])cc7c6C56CCCCC6)C5(CCCCC5)c5c4ccc4ccc(Br)cc54)cc3)c3ccc4ccc(Br)cc4c3C23CCCCC3)C2(CCCCC2)c2c1ccc1ccc([N+](=O)[O-])cc21. The highest BCUT2D eigenvalue weighted by Crippen LogP contribution is 2.61. The van der Waals surface area contributed by atoms with Gasteiger partial charge in [-0.25, -0.2) is 0 Å². The maximum absolute atomic E-state index is 12.3. The summed E-state index contributed by atoms with van der Waals surface area (Å²) in [5.41, 5.74) is 17.6. The summed E-state index contributed by atoms with van der Waals surface area (Å²) in [5.74, 6) is 0. The molecule has 10 nitrogen and oxygen atoms in total. The third kappa shape index (κ3) is 9.55. The minimum Gasteiger partial charge on any atom is -0.339 e. The van der Waals surface area contributed by atoms with Gasteiger partial charge < -0.3 is 9.80 Å². The predicted octanol–water partition coefficient (Wildman–Crippen LogP) is 22.2. The first-order valence-electron chi connectivity index (χ1n) is 35.3. The summed E-state index contributed by atoms with van der Waals surface area (Å²) in [4.78, 5) is 29.4. The van der Waals surface area contributed by atoms with Crippen LogP contribution in [0.1, 0.15) is 162 Å². The Balaban J connectivity index is 0.751. The van der Waals surface area contributed by atoms with Gasteiger partial charge in [0.05, 0.1) is 20.7 Å². The molecule has 0 saturated heterocycles. The number of benzene rings is 9. The first-order chi connectivity index (χ1) is 46.8. The summed E-state index contributed by atoms with van der Waals surface area (Å²) in [6.45, 7) is 1.45. The van der Waals surface area contributed by atoms with Gasteiger partial charge >= 0.3 is 0 Å². The molecule has 0 radical (unpaired) electrons. The van der Waals surface area contributed by atoms with Gasteiger partial charge in [-0.2, -0.15) is 9.15 Å². The minimum atomic E-state index is -0.249. The molecule has 4 spiro atoms. The Labute approximate surface area is 578 Å². The van der Waals surface area contributed by atoms with Crippen molar-refractivity contribution in [3.8, 4) is 0 Å². The molecule has 0 bridgehead atoms. The maximum Gasteiger partial charge on any atom is 0.270 e. The molecule has 4 aliphatic heterocycles. The van der Waals surface area contributed by atoms with Crippen molar-refractivity contribution < 1.29 is 19.0 Å². The van der Waals surface area contributed by atoms with E-state index < -0.39 is 0 Å². The maximum atomic E-state index is 12.3. The summed E-state index contributed by atoms with van der Waals surface area (Å²) in [6.07, 6.45) is 36.9. The van der Waals surface area contributed by atoms with Gasteiger partial charge in [-0.15, -0.1) is 0 Å². The predicted molar refractivity (Wildman–Crippen MR) is 399 cm³/mol. The van der Waals surface area contributed by atoms with Crippen molar-refractivity contribution in [3.63, 3.8) is 0 Å². The molecular weight excluding hydrogens is 1320 g/mol. The number of fused-ring (bicyclic) bond motifs is 16. The van der Waals surface area contributed by atoms with Crippen LogP contribution in [0.25, 0.3) is 43.1 Å². The molecule has 482 valence electrons. The third-order valence-electron chi connectivity index (χ3n) is 24.3. The van der Waals surface area contributed by atoms with E-state index in [9.17, 15) is 20.2 Å². The summed E-state index contributed by atoms with van der Waals surface area (Å²) in [7, 11) is 4.42. The number of non-ortho nitro benzene ring substituents is 2. The molecule has 0 atom stereocenters. The van der Waals surface area contributed by atoms with Gasteiger partial charge in [-0.1, -0.05) is 170 Å². The summed E-state index contributed by atoms with van der Waals surface area (Å²) >= 11 is 7.86. The van der Waals surface area contributed by atoms with E-state index in [0.29, 0.717) is 0 Å². The largest absolute Gasteiger partial charge is 0.339 e. The van der Waals surface area contributed by atoms with E-state index in [1.165, 1.54) is 140 Å². The van der Waals surface area contributed by atoms with Crippen molar-refractivity contribution in [2.45, 2.75) is 163 Å². The van der Waals surface area contributed by atoms with Crippen LogP contribution in [-0.2, 0) is 34.7 Å². The second-order valence-electron chi connectivity index (χ2n) is 29.2. The van der Waals surface area contributed by atoms with Gasteiger partial charge in [0.2, 0.25) is 11.4 Å². The van der Waals surface area contributed by atoms with Gasteiger partial charge in [-0.05, 0) is 190 Å². The number of nitrogens with zero attached hydrogens (tertiary/aromatic N) is 6. The highest BCUT2D eigenvalue weighted by Gasteiger charge is 2.55. The second kappa shape index (κ2) is 23.8. The van der Waals surface area contributed by atoms with Gasteiger partial charge in [0.25, 0.3) is 11.4 Å². The van der Waals surface area contributed by atoms with Crippen LogP contribution in [0.5, 0.6) is 0 Å². The fourth-order valence-electron chi connectivity index (χ4n) is 20.2. The molecule has 0 N–H and O–H groups in total. The van der Waals surface area contributed by atoms with Gasteiger partial charge in [0.15, 0.2) is 11.4 Å². The fourth-order valence-corrected chi connectivity index (χ4v) is 20.9.